The van der Waals surface area contributed by atoms with Gasteiger partial charge in [-0.3, -0.25) is 9.69 Å². The highest BCUT2D eigenvalue weighted by molar-refractivity contribution is 6.02. The molecule has 0 saturated carbocycles. The van der Waals surface area contributed by atoms with Gasteiger partial charge in [-0.25, -0.2) is 0 Å². The number of piperazine rings is 1. The van der Waals surface area contributed by atoms with Gasteiger partial charge in [0, 0.05) is 31.7 Å². The molecule has 1 saturated heterocycles. The summed E-state index contributed by atoms with van der Waals surface area (Å²) in [5.74, 6) is 1.09. The number of Topliss-reactive ketones (excluding diaryl/α,β-unsaturated/α-hetero) is 1. The summed E-state index contributed by atoms with van der Waals surface area (Å²) < 4.78 is 5.70. The molecule has 1 unspecified atom stereocenters. The number of hydrogen-bond acceptors (Lipinski definition) is 4. The number of hydrogen-bond donors (Lipinski definition) is 1. The Hall–Kier alpha value is -1.39. The van der Waals surface area contributed by atoms with Crippen LogP contribution in [0.1, 0.15) is 41.8 Å². The van der Waals surface area contributed by atoms with Crippen molar-refractivity contribution < 1.29 is 9.53 Å². The summed E-state index contributed by atoms with van der Waals surface area (Å²) >= 11 is 0. The fourth-order valence-electron chi connectivity index (χ4n) is 3.06. The summed E-state index contributed by atoms with van der Waals surface area (Å²) in [6.45, 7) is 12.6. The van der Waals surface area contributed by atoms with Crippen molar-refractivity contribution in [1.82, 2.24) is 10.2 Å². The lowest BCUT2D eigenvalue weighted by molar-refractivity contribution is 0.0819. The van der Waals surface area contributed by atoms with Gasteiger partial charge in [-0.2, -0.15) is 0 Å². The first-order valence-corrected chi connectivity index (χ1v) is 8.27. The van der Waals surface area contributed by atoms with E-state index in [4.69, 9.17) is 4.74 Å². The Bertz CT molecular complexity index is 499. The molecule has 122 valence electrons. The molecule has 2 rings (SSSR count). The largest absolute Gasteiger partial charge is 0.494 e. The van der Waals surface area contributed by atoms with E-state index >= 15 is 0 Å². The molecule has 0 amide bonds. The van der Waals surface area contributed by atoms with Crippen LogP contribution in [-0.2, 0) is 0 Å². The first kappa shape index (κ1) is 17.0. The van der Waals surface area contributed by atoms with E-state index in [1.54, 1.807) is 0 Å². The molecule has 1 aromatic carbocycles. The minimum atomic E-state index is -0.0677. The Kier molecular flexibility index (Phi) is 5.98. The van der Waals surface area contributed by atoms with E-state index in [-0.39, 0.29) is 11.8 Å². The van der Waals surface area contributed by atoms with Crippen LogP contribution in [0.25, 0.3) is 0 Å². The topological polar surface area (TPSA) is 41.6 Å². The number of carbonyl (C=O) groups excluding carboxylic acids is 1. The molecule has 1 atom stereocenters. The average molecular weight is 304 g/mol. The second-order valence-electron chi connectivity index (χ2n) is 6.11. The van der Waals surface area contributed by atoms with Gasteiger partial charge >= 0.3 is 0 Å². The maximum atomic E-state index is 12.9. The van der Waals surface area contributed by atoms with Gasteiger partial charge in [-0.1, -0.05) is 6.92 Å². The highest BCUT2D eigenvalue weighted by Gasteiger charge is 2.26. The minimum Gasteiger partial charge on any atom is -0.494 e. The molecule has 1 heterocycles. The monoisotopic (exact) mass is 304 g/mol. The zero-order chi connectivity index (χ0) is 16.1. The second kappa shape index (κ2) is 7.75. The molecule has 0 bridgehead atoms. The summed E-state index contributed by atoms with van der Waals surface area (Å²) in [5.41, 5.74) is 2.88. The van der Waals surface area contributed by atoms with E-state index in [2.05, 4.69) is 17.1 Å². The van der Waals surface area contributed by atoms with Crippen LogP contribution in [0.2, 0.25) is 0 Å². The van der Waals surface area contributed by atoms with Crippen LogP contribution in [0, 0.1) is 13.8 Å². The summed E-state index contributed by atoms with van der Waals surface area (Å²) in [7, 11) is 0. The maximum absolute atomic E-state index is 12.9. The molecule has 4 nitrogen and oxygen atoms in total. The molecule has 1 aliphatic heterocycles. The third kappa shape index (κ3) is 3.87. The summed E-state index contributed by atoms with van der Waals surface area (Å²) in [6.07, 6.45) is 0.985. The molecule has 1 fully saturated rings. The van der Waals surface area contributed by atoms with Crippen LogP contribution < -0.4 is 10.1 Å². The van der Waals surface area contributed by atoms with E-state index < -0.39 is 0 Å². The van der Waals surface area contributed by atoms with Crippen molar-refractivity contribution in [3.8, 4) is 5.75 Å². The van der Waals surface area contributed by atoms with Crippen molar-refractivity contribution in [2.24, 2.45) is 0 Å². The molecule has 0 spiro atoms. The number of benzene rings is 1. The van der Waals surface area contributed by atoms with Crippen LogP contribution in [-0.4, -0.2) is 49.5 Å². The molecule has 1 aliphatic rings. The summed E-state index contributed by atoms with van der Waals surface area (Å²) in [4.78, 5) is 15.2. The minimum absolute atomic E-state index is 0.0677. The number of rotatable bonds is 6. The van der Waals surface area contributed by atoms with Crippen molar-refractivity contribution in [3.63, 3.8) is 0 Å². The molecular formula is C18H28N2O2. The highest BCUT2D eigenvalue weighted by atomic mass is 16.5. The number of aryl methyl sites for hydroxylation is 2. The Morgan fingerprint density at radius 1 is 1.27 bits per heavy atom. The van der Waals surface area contributed by atoms with Crippen molar-refractivity contribution in [2.75, 3.05) is 32.8 Å². The highest BCUT2D eigenvalue weighted by Crippen LogP contribution is 2.24. The Morgan fingerprint density at radius 2 is 1.86 bits per heavy atom. The van der Waals surface area contributed by atoms with Gasteiger partial charge in [-0.15, -0.1) is 0 Å². The Labute approximate surface area is 133 Å². The van der Waals surface area contributed by atoms with Gasteiger partial charge in [-0.05, 0) is 50.5 Å². The van der Waals surface area contributed by atoms with Crippen molar-refractivity contribution in [3.05, 3.63) is 28.8 Å². The maximum Gasteiger partial charge on any atom is 0.180 e. The number of ketones is 1. The van der Waals surface area contributed by atoms with Crippen LogP contribution in [0.15, 0.2) is 12.1 Å². The number of nitrogens with one attached hydrogen (secondary N) is 1. The van der Waals surface area contributed by atoms with E-state index in [9.17, 15) is 4.79 Å². The van der Waals surface area contributed by atoms with E-state index in [1.807, 2.05) is 32.9 Å². The number of nitrogens with zero attached hydrogens (tertiary/aromatic N) is 1. The van der Waals surface area contributed by atoms with Crippen LogP contribution in [0.4, 0.5) is 0 Å². The fraction of sp³-hybridized carbons (Fsp3) is 0.611. The predicted octanol–water partition coefficient (Wildman–Crippen LogP) is 2.57. The third-order valence-corrected chi connectivity index (χ3v) is 4.30. The summed E-state index contributed by atoms with van der Waals surface area (Å²) in [6, 6.07) is 3.91. The second-order valence-corrected chi connectivity index (χ2v) is 6.11. The lowest BCUT2D eigenvalue weighted by Crippen LogP contribution is -2.50. The molecule has 0 aliphatic carbocycles. The van der Waals surface area contributed by atoms with E-state index in [0.717, 1.165) is 55.0 Å². The molecule has 0 radical (unpaired) electrons. The van der Waals surface area contributed by atoms with Crippen molar-refractivity contribution in [2.45, 2.75) is 40.2 Å². The fourth-order valence-corrected chi connectivity index (χ4v) is 3.06. The van der Waals surface area contributed by atoms with E-state index in [0.29, 0.717) is 6.61 Å². The normalized spacial score (nSPS) is 17.3. The Morgan fingerprint density at radius 3 is 2.41 bits per heavy atom. The first-order valence-electron chi connectivity index (χ1n) is 8.27. The standard InChI is InChI=1S/C18H28N2O2/c1-5-10-22-16-11-13(2)17(14(3)12-16)18(21)15(4)20-8-6-19-7-9-20/h11-12,15,19H,5-10H2,1-4H3. The summed E-state index contributed by atoms with van der Waals surface area (Å²) in [5, 5.41) is 3.33. The van der Waals surface area contributed by atoms with Gasteiger partial charge < -0.3 is 10.1 Å². The zero-order valence-corrected chi connectivity index (χ0v) is 14.2. The van der Waals surface area contributed by atoms with Gasteiger partial charge in [0.15, 0.2) is 5.78 Å². The lowest BCUT2D eigenvalue weighted by atomic mass is 9.94. The van der Waals surface area contributed by atoms with Gasteiger partial charge in [0.1, 0.15) is 5.75 Å². The Balaban J connectivity index is 2.18. The molecule has 1 aromatic rings. The van der Waals surface area contributed by atoms with Crippen molar-refractivity contribution >= 4 is 5.78 Å². The first-order chi connectivity index (χ1) is 10.5. The van der Waals surface area contributed by atoms with Crippen molar-refractivity contribution in [1.29, 1.82) is 0 Å². The molecule has 22 heavy (non-hydrogen) atoms. The molecule has 1 N–H and O–H groups in total. The van der Waals surface area contributed by atoms with Crippen LogP contribution in [0.3, 0.4) is 0 Å². The van der Waals surface area contributed by atoms with Crippen LogP contribution >= 0.6 is 0 Å². The zero-order valence-electron chi connectivity index (χ0n) is 14.2. The van der Waals surface area contributed by atoms with E-state index in [1.165, 1.54) is 0 Å². The third-order valence-electron chi connectivity index (χ3n) is 4.30. The number of carbonyl (C=O) groups is 1. The predicted molar refractivity (Wildman–Crippen MR) is 89.9 cm³/mol. The SMILES string of the molecule is CCCOc1cc(C)c(C(=O)C(C)N2CCNCC2)c(C)c1. The van der Waals surface area contributed by atoms with Crippen LogP contribution in [0.5, 0.6) is 5.75 Å². The van der Waals surface area contributed by atoms with Gasteiger partial charge in [0.2, 0.25) is 0 Å². The van der Waals surface area contributed by atoms with Gasteiger partial charge in [0.25, 0.3) is 0 Å². The molecule has 0 aromatic heterocycles. The number of ether oxygens (including phenoxy) is 1. The molecular weight excluding hydrogens is 276 g/mol. The quantitative estimate of drug-likeness (QED) is 0.820. The molecule has 4 heteroatoms. The average Bonchev–Trinajstić information content (AvgIpc) is 2.52. The van der Waals surface area contributed by atoms with Gasteiger partial charge in [0.05, 0.1) is 12.6 Å². The smallest absolute Gasteiger partial charge is 0.180 e. The lowest BCUT2D eigenvalue weighted by Gasteiger charge is -2.32.